The molecular weight excluding hydrogens is 114 g/mol. The first-order valence-electron chi connectivity index (χ1n) is 3.49. The number of hydrazine groups is 1. The van der Waals surface area contributed by atoms with Crippen molar-refractivity contribution in [2.24, 2.45) is 11.8 Å². The second-order valence-corrected chi connectivity index (χ2v) is 2.80. The summed E-state index contributed by atoms with van der Waals surface area (Å²) in [6.07, 6.45) is 0. The van der Waals surface area contributed by atoms with E-state index in [2.05, 4.69) is 12.2 Å². The first kappa shape index (κ1) is 6.99. The SMILES string of the molecule is CC1CNCCN(N)C1. The third-order valence-electron chi connectivity index (χ3n) is 1.61. The monoisotopic (exact) mass is 129 g/mol. The maximum absolute atomic E-state index is 5.62. The summed E-state index contributed by atoms with van der Waals surface area (Å²) in [5.74, 6) is 6.31. The van der Waals surface area contributed by atoms with Crippen LogP contribution in [-0.2, 0) is 0 Å². The Hall–Kier alpha value is -0.120. The van der Waals surface area contributed by atoms with Gasteiger partial charge < -0.3 is 5.32 Å². The van der Waals surface area contributed by atoms with Crippen molar-refractivity contribution < 1.29 is 0 Å². The van der Waals surface area contributed by atoms with E-state index in [0.29, 0.717) is 5.92 Å². The first-order valence-corrected chi connectivity index (χ1v) is 3.49. The van der Waals surface area contributed by atoms with Crippen LogP contribution in [0.3, 0.4) is 0 Å². The van der Waals surface area contributed by atoms with E-state index in [0.717, 1.165) is 26.2 Å². The molecule has 0 saturated carbocycles. The van der Waals surface area contributed by atoms with Crippen molar-refractivity contribution in [1.29, 1.82) is 0 Å². The molecule has 0 amide bonds. The van der Waals surface area contributed by atoms with E-state index < -0.39 is 0 Å². The van der Waals surface area contributed by atoms with Gasteiger partial charge in [-0.3, -0.25) is 5.84 Å². The Morgan fingerprint density at radius 1 is 1.67 bits per heavy atom. The zero-order valence-electron chi connectivity index (χ0n) is 5.93. The third-order valence-corrected chi connectivity index (χ3v) is 1.61. The quantitative estimate of drug-likeness (QED) is 0.429. The van der Waals surface area contributed by atoms with Gasteiger partial charge in [-0.15, -0.1) is 0 Å². The van der Waals surface area contributed by atoms with Gasteiger partial charge in [0, 0.05) is 19.6 Å². The van der Waals surface area contributed by atoms with Crippen LogP contribution in [0.25, 0.3) is 0 Å². The summed E-state index contributed by atoms with van der Waals surface area (Å²) in [6, 6.07) is 0. The average molecular weight is 129 g/mol. The number of nitrogens with zero attached hydrogens (tertiary/aromatic N) is 1. The number of hydrogen-bond acceptors (Lipinski definition) is 3. The van der Waals surface area contributed by atoms with Crippen LogP contribution in [0.2, 0.25) is 0 Å². The molecule has 1 atom stereocenters. The van der Waals surface area contributed by atoms with E-state index in [1.165, 1.54) is 0 Å². The zero-order chi connectivity index (χ0) is 6.69. The van der Waals surface area contributed by atoms with Crippen molar-refractivity contribution >= 4 is 0 Å². The van der Waals surface area contributed by atoms with Gasteiger partial charge in [-0.05, 0) is 12.5 Å². The molecule has 1 fully saturated rings. The molecule has 1 saturated heterocycles. The van der Waals surface area contributed by atoms with Crippen LogP contribution < -0.4 is 11.2 Å². The van der Waals surface area contributed by atoms with Gasteiger partial charge in [0.05, 0.1) is 0 Å². The van der Waals surface area contributed by atoms with Gasteiger partial charge in [0.25, 0.3) is 0 Å². The lowest BCUT2D eigenvalue weighted by molar-refractivity contribution is 0.273. The fourth-order valence-corrected chi connectivity index (χ4v) is 1.13. The van der Waals surface area contributed by atoms with Crippen molar-refractivity contribution in [2.45, 2.75) is 6.92 Å². The summed E-state index contributed by atoms with van der Waals surface area (Å²) in [7, 11) is 0. The lowest BCUT2D eigenvalue weighted by Crippen LogP contribution is -2.35. The second-order valence-electron chi connectivity index (χ2n) is 2.80. The van der Waals surface area contributed by atoms with Crippen LogP contribution in [0.1, 0.15) is 6.92 Å². The third kappa shape index (κ3) is 2.30. The van der Waals surface area contributed by atoms with E-state index in [1.54, 1.807) is 0 Å². The Balaban J connectivity index is 2.29. The standard InChI is InChI=1S/C6H15N3/c1-6-4-8-2-3-9(7)5-6/h6,8H,2-5,7H2,1H3. The summed E-state index contributed by atoms with van der Waals surface area (Å²) in [5.41, 5.74) is 0. The molecular formula is C6H15N3. The van der Waals surface area contributed by atoms with Gasteiger partial charge in [-0.2, -0.15) is 0 Å². The van der Waals surface area contributed by atoms with E-state index >= 15 is 0 Å². The molecule has 0 aromatic heterocycles. The highest BCUT2D eigenvalue weighted by atomic mass is 15.4. The van der Waals surface area contributed by atoms with Crippen molar-refractivity contribution in [3.05, 3.63) is 0 Å². The molecule has 0 aliphatic carbocycles. The fourth-order valence-electron chi connectivity index (χ4n) is 1.13. The maximum atomic E-state index is 5.62. The minimum absolute atomic E-state index is 0.692. The molecule has 1 rings (SSSR count). The minimum atomic E-state index is 0.692. The summed E-state index contributed by atoms with van der Waals surface area (Å²) < 4.78 is 0. The molecule has 3 N–H and O–H groups in total. The predicted molar refractivity (Wildman–Crippen MR) is 37.8 cm³/mol. The zero-order valence-corrected chi connectivity index (χ0v) is 5.93. The van der Waals surface area contributed by atoms with Gasteiger partial charge in [0.15, 0.2) is 0 Å². The van der Waals surface area contributed by atoms with Crippen molar-refractivity contribution in [2.75, 3.05) is 26.2 Å². The van der Waals surface area contributed by atoms with Crippen LogP contribution in [-0.4, -0.2) is 31.2 Å². The number of rotatable bonds is 0. The largest absolute Gasteiger partial charge is 0.315 e. The topological polar surface area (TPSA) is 41.3 Å². The Morgan fingerprint density at radius 2 is 2.44 bits per heavy atom. The van der Waals surface area contributed by atoms with Gasteiger partial charge in [-0.1, -0.05) is 6.92 Å². The Labute approximate surface area is 56.2 Å². The molecule has 3 nitrogen and oxygen atoms in total. The molecule has 1 aliphatic rings. The Kier molecular flexibility index (Phi) is 2.45. The summed E-state index contributed by atoms with van der Waals surface area (Å²) >= 11 is 0. The summed E-state index contributed by atoms with van der Waals surface area (Å²) in [5, 5.41) is 5.19. The first-order chi connectivity index (χ1) is 4.29. The predicted octanol–water partition coefficient (Wildman–Crippen LogP) is -0.599. The second kappa shape index (κ2) is 3.15. The van der Waals surface area contributed by atoms with Gasteiger partial charge in [-0.25, -0.2) is 5.01 Å². The lowest BCUT2D eigenvalue weighted by atomic mass is 10.2. The molecule has 1 aliphatic heterocycles. The van der Waals surface area contributed by atoms with Crippen LogP contribution >= 0.6 is 0 Å². The molecule has 0 radical (unpaired) electrons. The molecule has 1 unspecified atom stereocenters. The normalized spacial score (nSPS) is 32.0. The molecule has 3 heteroatoms. The van der Waals surface area contributed by atoms with Crippen LogP contribution in [0, 0.1) is 5.92 Å². The average Bonchev–Trinajstić information content (AvgIpc) is 1.93. The van der Waals surface area contributed by atoms with Crippen molar-refractivity contribution in [3.8, 4) is 0 Å². The molecule has 0 aromatic carbocycles. The van der Waals surface area contributed by atoms with E-state index in [-0.39, 0.29) is 0 Å². The highest BCUT2D eigenvalue weighted by molar-refractivity contribution is 4.66. The van der Waals surface area contributed by atoms with Crippen LogP contribution in [0.5, 0.6) is 0 Å². The number of nitrogens with one attached hydrogen (secondary N) is 1. The van der Waals surface area contributed by atoms with Gasteiger partial charge in [0.1, 0.15) is 0 Å². The van der Waals surface area contributed by atoms with Crippen LogP contribution in [0.4, 0.5) is 0 Å². The maximum Gasteiger partial charge on any atom is 0.0254 e. The highest BCUT2D eigenvalue weighted by Crippen LogP contribution is 1.96. The fraction of sp³-hybridized carbons (Fsp3) is 1.00. The number of hydrogen-bond donors (Lipinski definition) is 2. The Morgan fingerprint density at radius 3 is 3.22 bits per heavy atom. The van der Waals surface area contributed by atoms with E-state index in [4.69, 9.17) is 5.84 Å². The van der Waals surface area contributed by atoms with E-state index in [9.17, 15) is 0 Å². The van der Waals surface area contributed by atoms with Crippen LogP contribution in [0.15, 0.2) is 0 Å². The summed E-state index contributed by atoms with van der Waals surface area (Å²) in [6.45, 7) is 6.34. The summed E-state index contributed by atoms with van der Waals surface area (Å²) in [4.78, 5) is 0. The molecule has 0 spiro atoms. The molecule has 0 bridgehead atoms. The molecule has 0 aromatic rings. The lowest BCUT2D eigenvalue weighted by Gasteiger charge is -2.14. The molecule has 9 heavy (non-hydrogen) atoms. The smallest absolute Gasteiger partial charge is 0.0254 e. The van der Waals surface area contributed by atoms with Crippen molar-refractivity contribution in [3.63, 3.8) is 0 Å². The highest BCUT2D eigenvalue weighted by Gasteiger charge is 2.09. The minimum Gasteiger partial charge on any atom is -0.315 e. The van der Waals surface area contributed by atoms with E-state index in [1.807, 2.05) is 5.01 Å². The van der Waals surface area contributed by atoms with Crippen molar-refractivity contribution in [1.82, 2.24) is 10.3 Å². The van der Waals surface area contributed by atoms with Gasteiger partial charge in [0.2, 0.25) is 0 Å². The molecule has 54 valence electrons. The number of nitrogens with two attached hydrogens (primary N) is 1. The molecule has 1 heterocycles. The Bertz CT molecular complexity index is 74.4. The van der Waals surface area contributed by atoms with Gasteiger partial charge >= 0.3 is 0 Å².